The van der Waals surface area contributed by atoms with Gasteiger partial charge in [0, 0.05) is 38.0 Å². The highest BCUT2D eigenvalue weighted by Crippen LogP contribution is 2.35. The number of rotatable bonds is 5. The van der Waals surface area contributed by atoms with Gasteiger partial charge in [0.05, 0.1) is 24.4 Å². The first kappa shape index (κ1) is 18.2. The van der Waals surface area contributed by atoms with Crippen LogP contribution in [0.2, 0.25) is 0 Å². The zero-order valence-corrected chi connectivity index (χ0v) is 16.5. The molecule has 3 atom stereocenters. The fourth-order valence-electron chi connectivity index (χ4n) is 4.39. The van der Waals surface area contributed by atoms with Gasteiger partial charge in [0.2, 0.25) is 0 Å². The van der Waals surface area contributed by atoms with Crippen LogP contribution in [-0.4, -0.2) is 45.0 Å². The summed E-state index contributed by atoms with van der Waals surface area (Å²) in [5.41, 5.74) is 1.25. The molecule has 0 radical (unpaired) electrons. The lowest BCUT2D eigenvalue weighted by atomic mass is 9.93. The van der Waals surface area contributed by atoms with Crippen molar-refractivity contribution in [3.05, 3.63) is 30.4 Å². The number of anilines is 2. The van der Waals surface area contributed by atoms with Crippen molar-refractivity contribution in [1.82, 2.24) is 19.7 Å². The van der Waals surface area contributed by atoms with Gasteiger partial charge in [0.1, 0.15) is 18.0 Å². The summed E-state index contributed by atoms with van der Waals surface area (Å²) in [6.07, 6.45) is 10.5. The first-order valence-electron chi connectivity index (χ1n) is 10.1. The van der Waals surface area contributed by atoms with E-state index in [-0.39, 0.29) is 6.10 Å². The molecule has 2 saturated heterocycles. The maximum atomic E-state index is 6.01. The van der Waals surface area contributed by atoms with E-state index in [4.69, 9.17) is 4.74 Å². The molecular weight excluding hydrogens is 340 g/mol. The van der Waals surface area contributed by atoms with Crippen LogP contribution in [0, 0.1) is 5.92 Å². The molecule has 2 fully saturated rings. The fraction of sp³-hybridized carbons (Fsp3) is 0.650. The molecule has 2 aliphatic rings. The van der Waals surface area contributed by atoms with Gasteiger partial charge in [-0.3, -0.25) is 4.68 Å². The third-order valence-corrected chi connectivity index (χ3v) is 5.67. The molecule has 1 N–H and O–H groups in total. The second-order valence-electron chi connectivity index (χ2n) is 8.03. The molecule has 27 heavy (non-hydrogen) atoms. The number of hydrogen-bond donors (Lipinski definition) is 1. The van der Waals surface area contributed by atoms with Gasteiger partial charge < -0.3 is 15.0 Å². The van der Waals surface area contributed by atoms with E-state index in [1.165, 1.54) is 5.56 Å². The Balaban J connectivity index is 1.52. The lowest BCUT2D eigenvalue weighted by Crippen LogP contribution is -2.43. The van der Waals surface area contributed by atoms with Crippen molar-refractivity contribution in [3.63, 3.8) is 0 Å². The van der Waals surface area contributed by atoms with Crippen LogP contribution in [0.15, 0.2) is 24.8 Å². The molecule has 7 heteroatoms. The molecular formula is C20H30N6O. The van der Waals surface area contributed by atoms with Crippen molar-refractivity contribution in [2.24, 2.45) is 13.0 Å². The van der Waals surface area contributed by atoms with Crippen LogP contribution in [0.25, 0.3) is 0 Å². The molecule has 0 bridgehead atoms. The van der Waals surface area contributed by atoms with E-state index in [9.17, 15) is 0 Å². The summed E-state index contributed by atoms with van der Waals surface area (Å²) in [5.74, 6) is 2.35. The monoisotopic (exact) mass is 370 g/mol. The Hall–Kier alpha value is -2.15. The van der Waals surface area contributed by atoms with Crippen LogP contribution in [-0.2, 0) is 11.8 Å². The van der Waals surface area contributed by atoms with Crippen molar-refractivity contribution in [2.45, 2.75) is 57.7 Å². The van der Waals surface area contributed by atoms with Crippen LogP contribution in [0.3, 0.4) is 0 Å². The zero-order valence-electron chi connectivity index (χ0n) is 16.5. The third kappa shape index (κ3) is 3.93. The summed E-state index contributed by atoms with van der Waals surface area (Å²) in [4.78, 5) is 11.4. The maximum absolute atomic E-state index is 6.01. The Morgan fingerprint density at radius 3 is 2.89 bits per heavy atom. The Morgan fingerprint density at radius 1 is 1.22 bits per heavy atom. The van der Waals surface area contributed by atoms with E-state index in [1.807, 2.05) is 17.9 Å². The molecule has 0 spiro atoms. The Morgan fingerprint density at radius 2 is 2.11 bits per heavy atom. The number of aryl methyl sites for hydroxylation is 1. The van der Waals surface area contributed by atoms with Crippen molar-refractivity contribution < 1.29 is 4.74 Å². The van der Waals surface area contributed by atoms with Gasteiger partial charge in [-0.05, 0) is 31.6 Å². The first-order chi connectivity index (χ1) is 13.1. The third-order valence-electron chi connectivity index (χ3n) is 5.67. The highest BCUT2D eigenvalue weighted by atomic mass is 16.5. The number of ether oxygens (including phenoxy) is 1. The number of aromatic nitrogens is 4. The smallest absolute Gasteiger partial charge is 0.134 e. The molecule has 0 aliphatic carbocycles. The number of nitrogens with one attached hydrogen (secondary N) is 1. The van der Waals surface area contributed by atoms with Crippen molar-refractivity contribution in [3.8, 4) is 0 Å². The van der Waals surface area contributed by atoms with Gasteiger partial charge in [-0.25, -0.2) is 9.97 Å². The molecule has 4 rings (SSSR count). The Bertz CT molecular complexity index is 760. The normalized spacial score (nSPS) is 25.9. The standard InChI is InChI=1S/C20H30N6O/c1-14(2)20-16(6-5-9-27-20)24-18-10-19(22-13-21-18)26-8-4-7-17(26)15-11-23-25(3)12-15/h10-14,16-17,20H,4-9H2,1-3H3,(H,21,22,24). The van der Waals surface area contributed by atoms with Gasteiger partial charge in [-0.2, -0.15) is 5.10 Å². The summed E-state index contributed by atoms with van der Waals surface area (Å²) in [6, 6.07) is 2.72. The number of nitrogens with zero attached hydrogens (tertiary/aromatic N) is 5. The van der Waals surface area contributed by atoms with Crippen LogP contribution < -0.4 is 10.2 Å². The molecule has 4 heterocycles. The Labute approximate surface area is 161 Å². The topological polar surface area (TPSA) is 68.1 Å². The van der Waals surface area contributed by atoms with E-state index in [1.54, 1.807) is 6.33 Å². The van der Waals surface area contributed by atoms with Gasteiger partial charge in [-0.1, -0.05) is 13.8 Å². The zero-order chi connectivity index (χ0) is 18.8. The Kier molecular flexibility index (Phi) is 5.29. The summed E-state index contributed by atoms with van der Waals surface area (Å²) < 4.78 is 7.87. The van der Waals surface area contributed by atoms with E-state index in [0.717, 1.165) is 50.5 Å². The summed E-state index contributed by atoms with van der Waals surface area (Å²) in [5, 5.41) is 7.96. The lowest BCUT2D eigenvalue weighted by molar-refractivity contribution is -0.0203. The van der Waals surface area contributed by atoms with Crippen molar-refractivity contribution in [1.29, 1.82) is 0 Å². The molecule has 0 saturated carbocycles. The predicted octanol–water partition coefficient (Wildman–Crippen LogP) is 3.17. The minimum absolute atomic E-state index is 0.229. The largest absolute Gasteiger partial charge is 0.376 e. The molecule has 0 amide bonds. The average Bonchev–Trinajstić information content (AvgIpc) is 3.31. The van der Waals surface area contributed by atoms with Gasteiger partial charge in [0.25, 0.3) is 0 Å². The summed E-state index contributed by atoms with van der Waals surface area (Å²) in [6.45, 7) is 6.31. The van der Waals surface area contributed by atoms with Crippen LogP contribution >= 0.6 is 0 Å². The van der Waals surface area contributed by atoms with E-state index in [0.29, 0.717) is 18.0 Å². The minimum atomic E-state index is 0.229. The minimum Gasteiger partial charge on any atom is -0.376 e. The molecule has 2 aliphatic heterocycles. The molecule has 146 valence electrons. The van der Waals surface area contributed by atoms with Crippen molar-refractivity contribution >= 4 is 11.6 Å². The average molecular weight is 371 g/mol. The van der Waals surface area contributed by atoms with Gasteiger partial charge in [-0.15, -0.1) is 0 Å². The van der Waals surface area contributed by atoms with Crippen LogP contribution in [0.1, 0.15) is 51.1 Å². The van der Waals surface area contributed by atoms with Crippen molar-refractivity contribution in [2.75, 3.05) is 23.4 Å². The van der Waals surface area contributed by atoms with Crippen LogP contribution in [0.5, 0.6) is 0 Å². The molecule has 7 nitrogen and oxygen atoms in total. The van der Waals surface area contributed by atoms with Gasteiger partial charge in [0.15, 0.2) is 0 Å². The van der Waals surface area contributed by atoms with E-state index >= 15 is 0 Å². The number of hydrogen-bond acceptors (Lipinski definition) is 6. The molecule has 2 aromatic heterocycles. The quantitative estimate of drug-likeness (QED) is 0.872. The highest BCUT2D eigenvalue weighted by Gasteiger charge is 2.30. The first-order valence-corrected chi connectivity index (χ1v) is 10.1. The molecule has 0 aromatic carbocycles. The van der Waals surface area contributed by atoms with E-state index < -0.39 is 0 Å². The predicted molar refractivity (Wildman–Crippen MR) is 106 cm³/mol. The summed E-state index contributed by atoms with van der Waals surface area (Å²) in [7, 11) is 1.97. The second-order valence-corrected chi connectivity index (χ2v) is 8.03. The maximum Gasteiger partial charge on any atom is 0.134 e. The molecule has 2 aromatic rings. The fourth-order valence-corrected chi connectivity index (χ4v) is 4.39. The SMILES string of the molecule is CC(C)C1OCCCC1Nc1cc(N2CCCC2c2cnn(C)c2)ncn1. The summed E-state index contributed by atoms with van der Waals surface area (Å²) >= 11 is 0. The highest BCUT2D eigenvalue weighted by molar-refractivity contribution is 5.51. The van der Waals surface area contributed by atoms with Crippen LogP contribution in [0.4, 0.5) is 11.6 Å². The second kappa shape index (κ2) is 7.84. The lowest BCUT2D eigenvalue weighted by Gasteiger charge is -2.35. The van der Waals surface area contributed by atoms with Gasteiger partial charge >= 0.3 is 0 Å². The molecule has 3 unspecified atom stereocenters. The van der Waals surface area contributed by atoms with E-state index in [2.05, 4.69) is 51.4 Å².